The molecular weight excluding hydrogens is 352 g/mol. The molecule has 1 aromatic heterocycles. The average Bonchev–Trinajstić information content (AvgIpc) is 2.49. The second-order valence-corrected chi connectivity index (χ2v) is 7.13. The first kappa shape index (κ1) is 16.5. The zero-order chi connectivity index (χ0) is 15.4. The van der Waals surface area contributed by atoms with Crippen LogP contribution in [0.15, 0.2) is 15.7 Å². The SMILES string of the molecule is CSc1nc(N[C@H]2CC[C@H](C(=O)N(C)C)CC2)ncc1Br. The van der Waals surface area contributed by atoms with Gasteiger partial charge in [0, 0.05) is 32.3 Å². The van der Waals surface area contributed by atoms with Gasteiger partial charge in [-0.05, 0) is 47.9 Å². The maximum atomic E-state index is 12.0. The van der Waals surface area contributed by atoms with E-state index in [-0.39, 0.29) is 11.8 Å². The summed E-state index contributed by atoms with van der Waals surface area (Å²) in [5, 5.41) is 4.32. The molecule has 1 aliphatic carbocycles. The lowest BCUT2D eigenvalue weighted by molar-refractivity contribution is -0.133. The first-order valence-electron chi connectivity index (χ1n) is 7.05. The lowest BCUT2D eigenvalue weighted by atomic mass is 9.85. The van der Waals surface area contributed by atoms with E-state index in [2.05, 4.69) is 31.2 Å². The van der Waals surface area contributed by atoms with Gasteiger partial charge in [0.25, 0.3) is 0 Å². The molecule has 0 aliphatic heterocycles. The largest absolute Gasteiger partial charge is 0.351 e. The third-order valence-electron chi connectivity index (χ3n) is 3.76. The van der Waals surface area contributed by atoms with Crippen molar-refractivity contribution in [1.82, 2.24) is 14.9 Å². The molecule has 0 bridgehead atoms. The number of nitrogens with zero attached hydrogens (tertiary/aromatic N) is 3. The molecule has 1 N–H and O–H groups in total. The van der Waals surface area contributed by atoms with Crippen LogP contribution in [0.4, 0.5) is 5.95 Å². The summed E-state index contributed by atoms with van der Waals surface area (Å²) in [7, 11) is 3.65. The highest BCUT2D eigenvalue weighted by molar-refractivity contribution is 9.10. The number of halogens is 1. The Morgan fingerprint density at radius 2 is 2.05 bits per heavy atom. The van der Waals surface area contributed by atoms with E-state index in [1.807, 2.05) is 20.4 Å². The van der Waals surface area contributed by atoms with E-state index < -0.39 is 0 Å². The van der Waals surface area contributed by atoms with Crippen LogP contribution in [0.2, 0.25) is 0 Å². The molecule has 21 heavy (non-hydrogen) atoms. The molecule has 2 rings (SSSR count). The number of rotatable bonds is 4. The van der Waals surface area contributed by atoms with Crippen LogP contribution in [0.5, 0.6) is 0 Å². The van der Waals surface area contributed by atoms with Gasteiger partial charge in [-0.3, -0.25) is 4.79 Å². The molecule has 7 heteroatoms. The summed E-state index contributed by atoms with van der Waals surface area (Å²) in [6.45, 7) is 0. The molecule has 1 aromatic rings. The first-order valence-corrected chi connectivity index (χ1v) is 9.07. The number of thioether (sulfide) groups is 1. The maximum Gasteiger partial charge on any atom is 0.225 e. The van der Waals surface area contributed by atoms with E-state index in [4.69, 9.17) is 0 Å². The summed E-state index contributed by atoms with van der Waals surface area (Å²) < 4.78 is 0.917. The normalized spacial score (nSPS) is 21.9. The number of hydrogen-bond acceptors (Lipinski definition) is 5. The predicted molar refractivity (Wildman–Crippen MR) is 89.6 cm³/mol. The van der Waals surface area contributed by atoms with Crippen molar-refractivity contribution in [2.45, 2.75) is 36.8 Å². The number of aromatic nitrogens is 2. The molecule has 1 aliphatic rings. The summed E-state index contributed by atoms with van der Waals surface area (Å²) in [5.41, 5.74) is 0. The van der Waals surface area contributed by atoms with Crippen LogP contribution in [0.3, 0.4) is 0 Å². The van der Waals surface area contributed by atoms with E-state index >= 15 is 0 Å². The molecule has 1 fully saturated rings. The molecular formula is C14H21BrN4OS. The molecule has 5 nitrogen and oxygen atoms in total. The first-order chi connectivity index (χ1) is 10.0. The molecule has 0 atom stereocenters. The minimum absolute atomic E-state index is 0.172. The van der Waals surface area contributed by atoms with Crippen LogP contribution >= 0.6 is 27.7 Å². The van der Waals surface area contributed by atoms with Crippen LogP contribution in [0.1, 0.15) is 25.7 Å². The highest BCUT2D eigenvalue weighted by Gasteiger charge is 2.27. The number of hydrogen-bond donors (Lipinski definition) is 1. The Morgan fingerprint density at radius 1 is 1.38 bits per heavy atom. The predicted octanol–water partition coefficient (Wildman–Crippen LogP) is 3.02. The Labute approximate surface area is 138 Å². The summed E-state index contributed by atoms with van der Waals surface area (Å²) in [6, 6.07) is 0.354. The lowest BCUT2D eigenvalue weighted by Gasteiger charge is -2.29. The molecule has 1 saturated carbocycles. The molecule has 0 aromatic carbocycles. The molecule has 0 saturated heterocycles. The second kappa shape index (κ2) is 7.45. The lowest BCUT2D eigenvalue weighted by Crippen LogP contribution is -2.35. The van der Waals surface area contributed by atoms with Crippen LogP contribution in [-0.2, 0) is 4.79 Å². The summed E-state index contributed by atoms with van der Waals surface area (Å²) in [6.07, 6.45) is 7.61. The molecule has 116 valence electrons. The van der Waals surface area contributed by atoms with Crippen LogP contribution in [0.25, 0.3) is 0 Å². The molecule has 1 heterocycles. The number of amides is 1. The van der Waals surface area contributed by atoms with Gasteiger partial charge in [0.05, 0.1) is 4.47 Å². The minimum atomic E-state index is 0.172. The summed E-state index contributed by atoms with van der Waals surface area (Å²) >= 11 is 5.03. The van der Waals surface area contributed by atoms with E-state index in [0.29, 0.717) is 12.0 Å². The van der Waals surface area contributed by atoms with Gasteiger partial charge in [0.2, 0.25) is 11.9 Å². The van der Waals surface area contributed by atoms with Crippen molar-refractivity contribution < 1.29 is 4.79 Å². The van der Waals surface area contributed by atoms with Crippen LogP contribution < -0.4 is 5.32 Å². The van der Waals surface area contributed by atoms with Gasteiger partial charge < -0.3 is 10.2 Å². The van der Waals surface area contributed by atoms with E-state index in [0.717, 1.165) is 35.2 Å². The van der Waals surface area contributed by atoms with Gasteiger partial charge in [-0.2, -0.15) is 0 Å². The Bertz CT molecular complexity index is 504. The minimum Gasteiger partial charge on any atom is -0.351 e. The zero-order valence-electron chi connectivity index (χ0n) is 12.6. The van der Waals surface area contributed by atoms with Crippen molar-refractivity contribution in [3.8, 4) is 0 Å². The topological polar surface area (TPSA) is 58.1 Å². The maximum absolute atomic E-state index is 12.0. The van der Waals surface area contributed by atoms with E-state index in [1.54, 1.807) is 22.9 Å². The fourth-order valence-corrected chi connectivity index (χ4v) is 3.70. The molecule has 0 spiro atoms. The van der Waals surface area contributed by atoms with Crippen molar-refractivity contribution in [2.24, 2.45) is 5.92 Å². The van der Waals surface area contributed by atoms with Gasteiger partial charge in [-0.1, -0.05) is 0 Å². The number of anilines is 1. The monoisotopic (exact) mass is 372 g/mol. The zero-order valence-corrected chi connectivity index (χ0v) is 15.0. The number of carbonyl (C=O) groups is 1. The fraction of sp³-hybridized carbons (Fsp3) is 0.643. The van der Waals surface area contributed by atoms with E-state index in [1.165, 1.54) is 0 Å². The molecule has 1 amide bonds. The average molecular weight is 373 g/mol. The third kappa shape index (κ3) is 4.32. The summed E-state index contributed by atoms with van der Waals surface area (Å²) in [5.74, 6) is 1.09. The quantitative estimate of drug-likeness (QED) is 0.650. The van der Waals surface area contributed by atoms with E-state index in [9.17, 15) is 4.79 Å². The smallest absolute Gasteiger partial charge is 0.225 e. The van der Waals surface area contributed by atoms with Gasteiger partial charge in [0.15, 0.2) is 0 Å². The van der Waals surface area contributed by atoms with Gasteiger partial charge in [-0.15, -0.1) is 11.8 Å². The number of nitrogens with one attached hydrogen (secondary N) is 1. The fourth-order valence-electron chi connectivity index (χ4n) is 2.60. The third-order valence-corrected chi connectivity index (χ3v) is 5.30. The standard InChI is InChI=1S/C14H21BrN4OS/c1-19(2)13(20)9-4-6-10(7-5-9)17-14-16-8-11(15)12(18-14)21-3/h8-10H,4-7H2,1-3H3,(H,16,17,18)/t9-,10-. The Hall–Kier alpha value is -0.820. The van der Waals surface area contributed by atoms with Gasteiger partial charge in [0.1, 0.15) is 5.03 Å². The molecule has 0 unspecified atom stereocenters. The van der Waals surface area contributed by atoms with Crippen LogP contribution in [0, 0.1) is 5.92 Å². The van der Waals surface area contributed by atoms with Crippen molar-refractivity contribution in [3.63, 3.8) is 0 Å². The van der Waals surface area contributed by atoms with Crippen molar-refractivity contribution >= 4 is 39.5 Å². The van der Waals surface area contributed by atoms with Crippen molar-refractivity contribution in [1.29, 1.82) is 0 Å². The Kier molecular flexibility index (Phi) is 5.87. The summed E-state index contributed by atoms with van der Waals surface area (Å²) in [4.78, 5) is 22.4. The second-order valence-electron chi connectivity index (χ2n) is 5.48. The highest BCUT2D eigenvalue weighted by atomic mass is 79.9. The van der Waals surface area contributed by atoms with Crippen molar-refractivity contribution in [3.05, 3.63) is 10.7 Å². The number of carbonyl (C=O) groups excluding carboxylic acids is 1. The van der Waals surface area contributed by atoms with Gasteiger partial charge >= 0.3 is 0 Å². The Morgan fingerprint density at radius 3 is 2.62 bits per heavy atom. The molecule has 0 radical (unpaired) electrons. The highest BCUT2D eigenvalue weighted by Crippen LogP contribution is 2.28. The van der Waals surface area contributed by atoms with Gasteiger partial charge in [-0.25, -0.2) is 9.97 Å². The van der Waals surface area contributed by atoms with Crippen molar-refractivity contribution in [2.75, 3.05) is 25.7 Å². The van der Waals surface area contributed by atoms with Crippen LogP contribution in [-0.4, -0.2) is 47.2 Å². The Balaban J connectivity index is 1.90.